The van der Waals surface area contributed by atoms with Gasteiger partial charge in [0.1, 0.15) is 5.82 Å². The first-order chi connectivity index (χ1) is 36.7. The molecule has 15 aromatic rings. The van der Waals surface area contributed by atoms with Crippen LogP contribution < -0.4 is 9.30 Å². The fourth-order valence-electron chi connectivity index (χ4n) is 11.6. The molecular weight excluding hydrogens is 1100 g/mol. The van der Waals surface area contributed by atoms with Gasteiger partial charge < -0.3 is 23.0 Å². The Labute approximate surface area is 446 Å². The summed E-state index contributed by atoms with van der Waals surface area (Å²) in [5.74, 6) is 1.90. The molecule has 0 aliphatic carbocycles. The van der Waals surface area contributed by atoms with Gasteiger partial charge in [-0.25, -0.2) is 4.98 Å². The van der Waals surface area contributed by atoms with Crippen LogP contribution in [0.15, 0.2) is 237 Å². The fraction of sp³-hybridized carbons (Fsp3) is 0.0149. The Morgan fingerprint density at radius 1 is 0.453 bits per heavy atom. The molecule has 10 aromatic carbocycles. The van der Waals surface area contributed by atoms with E-state index in [1.807, 2.05) is 30.5 Å². The zero-order chi connectivity index (χ0) is 48.9. The third kappa shape index (κ3) is 6.85. The molecule has 0 aliphatic rings. The van der Waals surface area contributed by atoms with E-state index in [1.165, 1.54) is 16.2 Å². The zero-order valence-electron chi connectivity index (χ0n) is 40.4. The number of aromatic nitrogens is 6. The van der Waals surface area contributed by atoms with Crippen molar-refractivity contribution in [3.8, 4) is 56.6 Å². The molecule has 8 heteroatoms. The number of nitrogens with zero attached hydrogens (tertiary/aromatic N) is 6. The number of aryl methyl sites for hydroxylation is 1. The molecule has 0 saturated carbocycles. The van der Waals surface area contributed by atoms with E-state index in [0.717, 1.165) is 105 Å². The maximum Gasteiger partial charge on any atom is 0.268 e. The third-order valence-electron chi connectivity index (χ3n) is 14.6. The quantitative estimate of drug-likeness (QED) is 0.112. The Hall–Kier alpha value is -9.29. The number of ether oxygens (including phenoxy) is 1. The molecule has 5 aromatic heterocycles. The number of imidazole rings is 1. The normalized spacial score (nSPS) is 11.7. The second-order valence-electron chi connectivity index (χ2n) is 18.7. The number of benzene rings is 10. The smallest absolute Gasteiger partial charge is 0.268 e. The largest absolute Gasteiger partial charge is 0.510 e. The van der Waals surface area contributed by atoms with Crippen molar-refractivity contribution in [3.63, 3.8) is 0 Å². The number of fused-ring (bicyclic) bond motifs is 13. The van der Waals surface area contributed by atoms with Gasteiger partial charge in [-0.2, -0.15) is 18.2 Å². The maximum absolute atomic E-state index is 6.89. The van der Waals surface area contributed by atoms with E-state index in [-0.39, 0.29) is 21.1 Å². The Bertz CT molecular complexity index is 4630. The Kier molecular flexibility index (Phi) is 10.5. The van der Waals surface area contributed by atoms with Crippen molar-refractivity contribution in [1.29, 1.82) is 0 Å². The van der Waals surface area contributed by atoms with Crippen LogP contribution in [0.4, 0.5) is 0 Å². The van der Waals surface area contributed by atoms with Crippen molar-refractivity contribution >= 4 is 76.5 Å². The molecule has 15 rings (SSSR count). The summed E-state index contributed by atoms with van der Waals surface area (Å²) >= 11 is 0. The molecule has 75 heavy (non-hydrogen) atoms. The van der Waals surface area contributed by atoms with Crippen molar-refractivity contribution in [2.24, 2.45) is 7.05 Å². The first-order valence-electron chi connectivity index (χ1n) is 24.9. The van der Waals surface area contributed by atoms with Gasteiger partial charge in [0, 0.05) is 78.6 Å². The Morgan fingerprint density at radius 3 is 1.77 bits per heavy atom. The zero-order valence-corrected chi connectivity index (χ0v) is 42.7. The molecule has 7 nitrogen and oxygen atoms in total. The van der Waals surface area contributed by atoms with Crippen LogP contribution in [-0.2, 0) is 28.1 Å². The SMILES string of the molecule is Cn1c2ccccc2c2c1c1c(c3ccccc3n1-c1ccccc1)c1c3ccc(Oc4[c-]c(-[n+]5[c-]n(-c6c(-c7ccccc7)cccc6-c6ccccc6)c6ccccc65)ccc4)[c-]c3n(-c3ccccn3)c12.[Pt]. The van der Waals surface area contributed by atoms with Gasteiger partial charge in [-0.3, -0.25) is 4.57 Å². The van der Waals surface area contributed by atoms with Crippen LogP contribution in [0.25, 0.3) is 122 Å². The van der Waals surface area contributed by atoms with Crippen LogP contribution in [0, 0.1) is 18.5 Å². The van der Waals surface area contributed by atoms with E-state index in [1.54, 1.807) is 0 Å². The van der Waals surface area contributed by atoms with Gasteiger partial charge in [-0.05, 0) is 69.7 Å². The summed E-state index contributed by atoms with van der Waals surface area (Å²) in [6, 6.07) is 88.2. The van der Waals surface area contributed by atoms with Gasteiger partial charge in [-0.15, -0.1) is 29.7 Å². The van der Waals surface area contributed by atoms with Crippen LogP contribution in [0.3, 0.4) is 0 Å². The minimum absolute atomic E-state index is 0. The molecule has 0 unspecified atom stereocenters. The predicted octanol–water partition coefficient (Wildman–Crippen LogP) is 15.7. The predicted molar refractivity (Wildman–Crippen MR) is 299 cm³/mol. The van der Waals surface area contributed by atoms with Crippen molar-refractivity contribution in [3.05, 3.63) is 255 Å². The molecule has 0 amide bonds. The summed E-state index contributed by atoms with van der Waals surface area (Å²) < 4.78 is 18.3. The van der Waals surface area contributed by atoms with E-state index in [9.17, 15) is 0 Å². The van der Waals surface area contributed by atoms with Crippen molar-refractivity contribution in [2.75, 3.05) is 0 Å². The molecule has 0 radical (unpaired) electrons. The molecule has 0 N–H and O–H groups in total. The van der Waals surface area contributed by atoms with E-state index in [2.05, 4.69) is 255 Å². The standard InChI is InChI=1S/C67H42N6O.Pt/c1-69-55-33-13-11-29-52(55)63-65-61(62-53-30-12-14-34-56(53)72(67(62)66(63)69)46-25-9-4-10-26-46)54-39-38-49(42-59(54)73(65)60-37-17-18-40-68-60)74-48-28-19-27-47(41-48)70-43-71(58-36-16-15-35-57(58)70)64-50(44-21-5-2-6-22-44)31-20-32-51(64)45-23-7-3-8-24-45;/h2-40H,1H3;/q-2;. The van der Waals surface area contributed by atoms with Crippen LogP contribution in [0.5, 0.6) is 11.5 Å². The van der Waals surface area contributed by atoms with Gasteiger partial charge in [0.05, 0.1) is 38.8 Å². The summed E-state index contributed by atoms with van der Waals surface area (Å²) in [5.41, 5.74) is 15.9. The summed E-state index contributed by atoms with van der Waals surface area (Å²) in [7, 11) is 2.19. The van der Waals surface area contributed by atoms with Crippen molar-refractivity contribution in [2.45, 2.75) is 0 Å². The van der Waals surface area contributed by atoms with Crippen molar-refractivity contribution in [1.82, 2.24) is 23.3 Å². The van der Waals surface area contributed by atoms with Crippen LogP contribution in [0.2, 0.25) is 0 Å². The summed E-state index contributed by atoms with van der Waals surface area (Å²) in [5, 5.41) is 6.86. The first-order valence-corrected chi connectivity index (χ1v) is 24.9. The van der Waals surface area contributed by atoms with Gasteiger partial charge in [0.2, 0.25) is 0 Å². The molecule has 0 spiro atoms. The average Bonchev–Trinajstić information content (AvgIpc) is 4.22. The van der Waals surface area contributed by atoms with Gasteiger partial charge >= 0.3 is 0 Å². The number of rotatable bonds is 8. The number of hydrogen-bond acceptors (Lipinski definition) is 2. The minimum atomic E-state index is 0. The number of pyridine rings is 1. The van der Waals surface area contributed by atoms with E-state index in [0.29, 0.717) is 11.5 Å². The van der Waals surface area contributed by atoms with Crippen LogP contribution in [0.1, 0.15) is 0 Å². The topological polar surface area (TPSA) is 45.7 Å². The third-order valence-corrected chi connectivity index (χ3v) is 14.6. The summed E-state index contributed by atoms with van der Waals surface area (Å²) in [6.45, 7) is 0. The molecule has 0 aliphatic heterocycles. The second kappa shape index (κ2) is 17.7. The van der Waals surface area contributed by atoms with Crippen LogP contribution >= 0.6 is 0 Å². The van der Waals surface area contributed by atoms with E-state index >= 15 is 0 Å². The van der Waals surface area contributed by atoms with Crippen LogP contribution in [-0.4, -0.2) is 23.3 Å². The molecule has 0 atom stereocenters. The average molecular weight is 1140 g/mol. The molecular formula is C67H42N6OPt-2. The molecule has 0 fully saturated rings. The second-order valence-corrected chi connectivity index (χ2v) is 18.7. The minimum Gasteiger partial charge on any atom is -0.510 e. The first kappa shape index (κ1) is 44.4. The van der Waals surface area contributed by atoms with E-state index < -0.39 is 0 Å². The molecule has 0 saturated heterocycles. The summed E-state index contributed by atoms with van der Waals surface area (Å²) in [4.78, 5) is 5.04. The molecule has 0 bridgehead atoms. The molecule has 358 valence electrons. The monoisotopic (exact) mass is 1140 g/mol. The number of para-hydroxylation sites is 6. The van der Waals surface area contributed by atoms with Gasteiger partial charge in [0.25, 0.3) is 6.33 Å². The Morgan fingerprint density at radius 2 is 1.05 bits per heavy atom. The maximum atomic E-state index is 6.89. The van der Waals surface area contributed by atoms with E-state index in [4.69, 9.17) is 9.72 Å². The molecule has 5 heterocycles. The summed E-state index contributed by atoms with van der Waals surface area (Å²) in [6.07, 6.45) is 5.66. The van der Waals surface area contributed by atoms with Gasteiger partial charge in [0.15, 0.2) is 0 Å². The Balaban J connectivity index is 0.00000516. The fourth-order valence-corrected chi connectivity index (χ4v) is 11.6. The number of hydrogen-bond donors (Lipinski definition) is 0. The van der Waals surface area contributed by atoms with Gasteiger partial charge in [-0.1, -0.05) is 169 Å². The van der Waals surface area contributed by atoms with Crippen molar-refractivity contribution < 1.29 is 30.4 Å².